The molecule has 0 aliphatic rings. The first-order valence-corrected chi connectivity index (χ1v) is 15.2. The highest BCUT2D eigenvalue weighted by Gasteiger charge is 2.26. The number of nitrogens with zero attached hydrogens (tertiary/aromatic N) is 1. The molecule has 0 radical (unpaired) electrons. The molecular formula is C27H34FN2O7PS. The monoisotopic (exact) mass is 580 g/mol. The number of rotatable bonds is 16. The van der Waals surface area contributed by atoms with Crippen molar-refractivity contribution in [3.8, 4) is 11.5 Å². The van der Waals surface area contributed by atoms with Crippen molar-refractivity contribution in [3.05, 3.63) is 70.5 Å². The molecule has 0 aliphatic heterocycles. The van der Waals surface area contributed by atoms with Gasteiger partial charge in [0.15, 0.2) is 5.13 Å². The van der Waals surface area contributed by atoms with Crippen molar-refractivity contribution in [2.24, 2.45) is 0 Å². The molecule has 3 rings (SSSR count). The molecule has 0 spiro atoms. The van der Waals surface area contributed by atoms with Gasteiger partial charge in [0.2, 0.25) is 0 Å². The smallest absolute Gasteiger partial charge is 0.336 e. The van der Waals surface area contributed by atoms with Crippen molar-refractivity contribution in [1.82, 2.24) is 4.98 Å². The highest BCUT2D eigenvalue weighted by Crippen LogP contribution is 2.51. The minimum atomic E-state index is -3.32. The molecule has 3 aromatic rings. The van der Waals surface area contributed by atoms with E-state index in [0.717, 1.165) is 5.56 Å². The van der Waals surface area contributed by atoms with Crippen molar-refractivity contribution in [2.75, 3.05) is 38.9 Å². The Morgan fingerprint density at radius 2 is 1.87 bits per heavy atom. The van der Waals surface area contributed by atoms with E-state index in [2.05, 4.69) is 10.3 Å². The van der Waals surface area contributed by atoms with Gasteiger partial charge in [-0.25, -0.2) is 9.37 Å². The molecule has 9 nitrogen and oxygen atoms in total. The second-order valence-electron chi connectivity index (χ2n) is 8.51. The fraction of sp³-hybridized carbons (Fsp3) is 0.407. The van der Waals surface area contributed by atoms with Crippen LogP contribution >= 0.6 is 18.9 Å². The van der Waals surface area contributed by atoms with Crippen LogP contribution in [0.3, 0.4) is 0 Å². The zero-order valence-corrected chi connectivity index (χ0v) is 24.2. The van der Waals surface area contributed by atoms with Crippen molar-refractivity contribution in [1.29, 1.82) is 0 Å². The van der Waals surface area contributed by atoms with Crippen molar-refractivity contribution < 1.29 is 37.0 Å². The number of carbonyl (C=O) groups is 1. The summed E-state index contributed by atoms with van der Waals surface area (Å²) >= 11 is 1.20. The van der Waals surface area contributed by atoms with Crippen LogP contribution in [0, 0.1) is 5.82 Å². The van der Waals surface area contributed by atoms with Crippen LogP contribution < -0.4 is 14.8 Å². The lowest BCUT2D eigenvalue weighted by molar-refractivity contribution is 0.0914. The van der Waals surface area contributed by atoms with Gasteiger partial charge < -0.3 is 23.3 Å². The van der Waals surface area contributed by atoms with Gasteiger partial charge in [-0.3, -0.25) is 14.7 Å². The second kappa shape index (κ2) is 15.1. The van der Waals surface area contributed by atoms with E-state index in [9.17, 15) is 13.8 Å². The standard InChI is InChI=1S/C27H34FN2O7PS/c1-5-35-38(32,36-6-2)17-23-18-39-27(29-23)30-26(31)21-13-24(15-25(14-21)37-19(3)16-33-4)34-11-10-20-8-7-9-22(28)12-20/h7-9,12-15,18-19H,5-6,10-11,16-17H2,1-4H3,(H,29,30,31)/t19-/m0/s1. The molecule has 0 bridgehead atoms. The predicted molar refractivity (Wildman–Crippen MR) is 149 cm³/mol. The van der Waals surface area contributed by atoms with Gasteiger partial charge in [0.25, 0.3) is 5.91 Å². The van der Waals surface area contributed by atoms with Gasteiger partial charge >= 0.3 is 7.60 Å². The van der Waals surface area contributed by atoms with Gasteiger partial charge in [-0.15, -0.1) is 11.3 Å². The number of halogens is 1. The van der Waals surface area contributed by atoms with Crippen LogP contribution in [-0.2, 0) is 30.9 Å². The Balaban J connectivity index is 1.73. The van der Waals surface area contributed by atoms with Crippen LogP contribution in [0.4, 0.5) is 9.52 Å². The maximum Gasteiger partial charge on any atom is 0.336 e. The number of nitrogens with one attached hydrogen (secondary N) is 1. The fourth-order valence-corrected chi connectivity index (χ4v) is 6.09. The van der Waals surface area contributed by atoms with Crippen LogP contribution in [0.25, 0.3) is 0 Å². The molecule has 1 heterocycles. The van der Waals surface area contributed by atoms with Crippen molar-refractivity contribution in [2.45, 2.75) is 39.5 Å². The van der Waals surface area contributed by atoms with Crippen LogP contribution in [0.2, 0.25) is 0 Å². The zero-order chi connectivity index (χ0) is 28.3. The molecular weight excluding hydrogens is 546 g/mol. The second-order valence-corrected chi connectivity index (χ2v) is 11.4. The summed E-state index contributed by atoms with van der Waals surface area (Å²) in [7, 11) is -1.74. The minimum Gasteiger partial charge on any atom is -0.493 e. The number of hydrogen-bond acceptors (Lipinski definition) is 9. The lowest BCUT2D eigenvalue weighted by Crippen LogP contribution is -2.19. The molecule has 0 aliphatic carbocycles. The topological polar surface area (TPSA) is 105 Å². The summed E-state index contributed by atoms with van der Waals surface area (Å²) in [5.74, 6) is 0.126. The number of aromatic nitrogens is 1. The number of methoxy groups -OCH3 is 1. The van der Waals surface area contributed by atoms with Gasteiger partial charge in [-0.05, 0) is 50.6 Å². The van der Waals surface area contributed by atoms with E-state index in [1.165, 1.54) is 23.5 Å². The highest BCUT2D eigenvalue weighted by molar-refractivity contribution is 7.53. The molecule has 1 N–H and O–H groups in total. The summed E-state index contributed by atoms with van der Waals surface area (Å²) in [6, 6.07) is 11.2. The fourth-order valence-electron chi connectivity index (χ4n) is 3.66. The molecule has 212 valence electrons. The minimum absolute atomic E-state index is 0.00503. The number of benzene rings is 2. The lowest BCUT2D eigenvalue weighted by atomic mass is 10.1. The van der Waals surface area contributed by atoms with Gasteiger partial charge in [-0.1, -0.05) is 12.1 Å². The van der Waals surface area contributed by atoms with E-state index >= 15 is 0 Å². The maximum absolute atomic E-state index is 13.5. The van der Waals surface area contributed by atoms with Gasteiger partial charge in [0.1, 0.15) is 23.4 Å². The molecule has 12 heteroatoms. The summed E-state index contributed by atoms with van der Waals surface area (Å²) in [5, 5.41) is 4.81. The van der Waals surface area contributed by atoms with Gasteiger partial charge in [0.05, 0.1) is 38.3 Å². The third-order valence-corrected chi connectivity index (χ3v) is 8.03. The van der Waals surface area contributed by atoms with E-state index in [0.29, 0.717) is 40.9 Å². The van der Waals surface area contributed by atoms with Crippen LogP contribution in [0.1, 0.15) is 42.4 Å². The Morgan fingerprint density at radius 3 is 2.56 bits per heavy atom. The molecule has 0 saturated carbocycles. The third kappa shape index (κ3) is 10.0. The SMILES string of the molecule is CCOP(=O)(Cc1csc(NC(=O)c2cc(OCCc3cccc(F)c3)cc(O[C@@H](C)COC)c2)n1)OCC. The van der Waals surface area contributed by atoms with E-state index in [1.807, 2.05) is 13.0 Å². The molecule has 0 fully saturated rings. The third-order valence-electron chi connectivity index (χ3n) is 5.21. The molecule has 0 unspecified atom stereocenters. The average Bonchev–Trinajstić information content (AvgIpc) is 3.30. The molecule has 0 saturated heterocycles. The molecule has 1 aromatic heterocycles. The van der Waals surface area contributed by atoms with E-state index < -0.39 is 13.5 Å². The van der Waals surface area contributed by atoms with Crippen LogP contribution in [0.5, 0.6) is 11.5 Å². The number of amides is 1. The first-order valence-electron chi connectivity index (χ1n) is 12.6. The lowest BCUT2D eigenvalue weighted by Gasteiger charge is -2.16. The summed E-state index contributed by atoms with van der Waals surface area (Å²) in [6.45, 7) is 6.47. The van der Waals surface area contributed by atoms with E-state index in [4.69, 9.17) is 23.3 Å². The Kier molecular flexibility index (Phi) is 11.9. The molecule has 1 amide bonds. The van der Waals surface area contributed by atoms with Crippen molar-refractivity contribution >= 4 is 30.0 Å². The predicted octanol–water partition coefficient (Wildman–Crippen LogP) is 6.34. The summed E-state index contributed by atoms with van der Waals surface area (Å²) < 4.78 is 53.9. The van der Waals surface area contributed by atoms with Crippen molar-refractivity contribution in [3.63, 3.8) is 0 Å². The summed E-state index contributed by atoms with van der Waals surface area (Å²) in [5.41, 5.74) is 1.59. The zero-order valence-electron chi connectivity index (χ0n) is 22.5. The van der Waals surface area contributed by atoms with E-state index in [1.54, 1.807) is 50.6 Å². The number of hydrogen-bond donors (Lipinski definition) is 1. The Labute approximate surface area is 232 Å². The summed E-state index contributed by atoms with van der Waals surface area (Å²) in [4.78, 5) is 17.5. The number of anilines is 1. The normalized spacial score (nSPS) is 12.2. The van der Waals surface area contributed by atoms with Crippen LogP contribution in [-0.4, -0.2) is 50.5 Å². The average molecular weight is 581 g/mol. The van der Waals surface area contributed by atoms with Crippen LogP contribution in [0.15, 0.2) is 47.8 Å². The quantitative estimate of drug-likeness (QED) is 0.196. The Morgan fingerprint density at radius 1 is 1.13 bits per heavy atom. The van der Waals surface area contributed by atoms with Gasteiger partial charge in [-0.2, -0.15) is 0 Å². The first kappa shape index (κ1) is 30.7. The molecule has 1 atom stereocenters. The highest BCUT2D eigenvalue weighted by atomic mass is 32.1. The first-order chi connectivity index (χ1) is 18.7. The van der Waals surface area contributed by atoms with E-state index in [-0.39, 0.29) is 37.9 Å². The maximum atomic E-state index is 13.5. The number of carbonyl (C=O) groups excluding carboxylic acids is 1. The Hall–Kier alpha value is -2.82. The largest absolute Gasteiger partial charge is 0.493 e. The number of thiazole rings is 1. The summed E-state index contributed by atoms with van der Waals surface area (Å²) in [6.07, 6.45) is 0.228. The van der Waals surface area contributed by atoms with Gasteiger partial charge in [0, 0.05) is 30.5 Å². The molecule has 39 heavy (non-hydrogen) atoms. The Bertz CT molecular complexity index is 1260. The molecule has 2 aromatic carbocycles. The number of ether oxygens (including phenoxy) is 3.